The zero-order valence-electron chi connectivity index (χ0n) is 10.9. The van der Waals surface area contributed by atoms with Gasteiger partial charge < -0.3 is 10.2 Å². The van der Waals surface area contributed by atoms with Gasteiger partial charge in [0.15, 0.2) is 0 Å². The minimum atomic E-state index is -4.57. The highest BCUT2D eigenvalue weighted by Gasteiger charge is 2.52. The zero-order valence-corrected chi connectivity index (χ0v) is 10.9. The molecule has 0 aliphatic rings. The van der Waals surface area contributed by atoms with Gasteiger partial charge in [-0.3, -0.25) is 0 Å². The monoisotopic (exact) mass is 332 g/mol. The van der Waals surface area contributed by atoms with E-state index in [0.29, 0.717) is 0 Å². The Balaban J connectivity index is 4.75. The van der Waals surface area contributed by atoms with Crippen LogP contribution in [0.25, 0.3) is 0 Å². The normalized spacial score (nSPS) is 14.6. The third-order valence-electron chi connectivity index (χ3n) is 2.51. The van der Waals surface area contributed by atoms with Crippen molar-refractivity contribution in [3.05, 3.63) is 0 Å². The van der Waals surface area contributed by atoms with E-state index in [1.54, 1.807) is 0 Å². The van der Waals surface area contributed by atoms with Crippen LogP contribution in [0.2, 0.25) is 0 Å². The number of halogens is 8. The van der Waals surface area contributed by atoms with Gasteiger partial charge in [-0.2, -0.15) is 0 Å². The lowest BCUT2D eigenvalue weighted by Crippen LogP contribution is -2.38. The summed E-state index contributed by atoms with van der Waals surface area (Å²) in [5, 5.41) is 16.5. The van der Waals surface area contributed by atoms with Crippen LogP contribution >= 0.6 is 0 Å². The van der Waals surface area contributed by atoms with Crippen molar-refractivity contribution >= 4 is 0 Å². The summed E-state index contributed by atoms with van der Waals surface area (Å²) in [4.78, 5) is 0. The maximum Gasteiger partial charge on any atom is 0.259 e. The Morgan fingerprint density at radius 1 is 0.476 bits per heavy atom. The van der Waals surface area contributed by atoms with Crippen molar-refractivity contribution in [3.63, 3.8) is 0 Å². The average molecular weight is 332 g/mol. The van der Waals surface area contributed by atoms with Gasteiger partial charge in [0.25, 0.3) is 23.7 Å². The zero-order chi connectivity index (χ0) is 16.9. The maximum atomic E-state index is 13.2. The smallest absolute Gasteiger partial charge is 0.259 e. The highest BCUT2D eigenvalue weighted by Crippen LogP contribution is 2.43. The molecule has 0 unspecified atom stereocenters. The Kier molecular flexibility index (Phi) is 6.86. The SMILES string of the molecule is OCCC(F)(F)CC(F)(F)CC(F)(F)CC(F)(F)CCO. The predicted octanol–water partition coefficient (Wildman–Crippen LogP) is 3.46. The van der Waals surface area contributed by atoms with Gasteiger partial charge in [-0.05, 0) is 0 Å². The number of aliphatic hydroxyl groups excluding tert-OH is 2. The van der Waals surface area contributed by atoms with Crippen LogP contribution in [0.5, 0.6) is 0 Å². The number of rotatable bonds is 10. The van der Waals surface area contributed by atoms with Crippen molar-refractivity contribution in [3.8, 4) is 0 Å². The van der Waals surface area contributed by atoms with Crippen molar-refractivity contribution in [2.45, 2.75) is 55.8 Å². The van der Waals surface area contributed by atoms with Crippen LogP contribution in [0, 0.1) is 0 Å². The van der Waals surface area contributed by atoms with E-state index in [1.165, 1.54) is 0 Å². The molecule has 2 nitrogen and oxygen atoms in total. The summed E-state index contributed by atoms with van der Waals surface area (Å²) in [6.07, 6.45) is -9.66. The molecule has 0 amide bonds. The van der Waals surface area contributed by atoms with Gasteiger partial charge in [0, 0.05) is 26.1 Å². The van der Waals surface area contributed by atoms with Crippen LogP contribution in [-0.2, 0) is 0 Å². The van der Waals surface area contributed by atoms with Crippen molar-refractivity contribution in [1.29, 1.82) is 0 Å². The lowest BCUT2D eigenvalue weighted by molar-refractivity contribution is -0.182. The molecule has 0 saturated carbocycles. The molecule has 0 aromatic rings. The molecule has 0 aromatic carbocycles. The van der Waals surface area contributed by atoms with Gasteiger partial charge in [-0.25, -0.2) is 35.1 Å². The fourth-order valence-corrected chi connectivity index (χ4v) is 1.76. The Bertz CT molecular complexity index is 289. The maximum absolute atomic E-state index is 13.2. The second-order valence-electron chi connectivity index (χ2n) is 4.90. The van der Waals surface area contributed by atoms with E-state index >= 15 is 0 Å². The van der Waals surface area contributed by atoms with Gasteiger partial charge in [0.05, 0.1) is 19.3 Å². The average Bonchev–Trinajstić information content (AvgIpc) is 2.09. The molecular weight excluding hydrogens is 316 g/mol. The van der Waals surface area contributed by atoms with E-state index in [0.717, 1.165) is 0 Å². The van der Waals surface area contributed by atoms with Crippen LogP contribution < -0.4 is 0 Å². The molecule has 2 N–H and O–H groups in total. The van der Waals surface area contributed by atoms with Gasteiger partial charge >= 0.3 is 0 Å². The van der Waals surface area contributed by atoms with Gasteiger partial charge in [0.1, 0.15) is 0 Å². The first-order valence-corrected chi connectivity index (χ1v) is 5.97. The number of hydrogen-bond acceptors (Lipinski definition) is 2. The molecule has 0 saturated heterocycles. The highest BCUT2D eigenvalue weighted by atomic mass is 19.3. The van der Waals surface area contributed by atoms with Crippen LogP contribution in [0.3, 0.4) is 0 Å². The molecule has 21 heavy (non-hydrogen) atoms. The van der Waals surface area contributed by atoms with Crippen LogP contribution in [0.1, 0.15) is 32.1 Å². The Morgan fingerprint density at radius 2 is 0.714 bits per heavy atom. The molecule has 0 heterocycles. The molecular formula is C11H16F8O2. The fourth-order valence-electron chi connectivity index (χ4n) is 1.76. The number of aliphatic hydroxyl groups is 2. The van der Waals surface area contributed by atoms with Gasteiger partial charge in [0.2, 0.25) is 0 Å². The van der Waals surface area contributed by atoms with Crippen molar-refractivity contribution in [1.82, 2.24) is 0 Å². The summed E-state index contributed by atoms with van der Waals surface area (Å²) in [6.45, 7) is -2.23. The Hall–Kier alpha value is -0.640. The molecule has 10 heteroatoms. The summed E-state index contributed by atoms with van der Waals surface area (Å²) in [7, 11) is 0. The minimum Gasteiger partial charge on any atom is -0.396 e. The first kappa shape index (κ1) is 20.4. The molecule has 0 bridgehead atoms. The van der Waals surface area contributed by atoms with Crippen molar-refractivity contribution in [2.75, 3.05) is 13.2 Å². The van der Waals surface area contributed by atoms with Gasteiger partial charge in [-0.15, -0.1) is 0 Å². The van der Waals surface area contributed by atoms with E-state index in [-0.39, 0.29) is 0 Å². The first-order valence-electron chi connectivity index (χ1n) is 5.97. The quantitative estimate of drug-likeness (QED) is 0.602. The van der Waals surface area contributed by atoms with E-state index < -0.39 is 69.0 Å². The predicted molar refractivity (Wildman–Crippen MR) is 57.0 cm³/mol. The van der Waals surface area contributed by atoms with Crippen molar-refractivity contribution in [2.24, 2.45) is 0 Å². The molecule has 0 rings (SSSR count). The van der Waals surface area contributed by atoms with Crippen LogP contribution in [-0.4, -0.2) is 47.1 Å². The Labute approximate surface area is 115 Å². The van der Waals surface area contributed by atoms with Crippen LogP contribution in [0.4, 0.5) is 35.1 Å². The highest BCUT2D eigenvalue weighted by molar-refractivity contribution is 4.86. The third kappa shape index (κ3) is 9.07. The third-order valence-corrected chi connectivity index (χ3v) is 2.51. The molecule has 128 valence electrons. The van der Waals surface area contributed by atoms with E-state index in [1.807, 2.05) is 0 Å². The lowest BCUT2D eigenvalue weighted by atomic mass is 9.97. The Morgan fingerprint density at radius 3 is 0.952 bits per heavy atom. The van der Waals surface area contributed by atoms with E-state index in [4.69, 9.17) is 10.2 Å². The summed E-state index contributed by atoms with van der Waals surface area (Å²) in [6, 6.07) is 0. The molecule has 0 spiro atoms. The summed E-state index contributed by atoms with van der Waals surface area (Å²) >= 11 is 0. The molecule has 0 atom stereocenters. The molecule has 0 aliphatic heterocycles. The first-order chi connectivity index (χ1) is 9.24. The lowest BCUT2D eigenvalue weighted by Gasteiger charge is -2.28. The minimum absolute atomic E-state index is 1.12. The molecule has 0 aromatic heterocycles. The summed E-state index contributed by atoms with van der Waals surface area (Å²) in [5.74, 6) is -17.3. The second-order valence-corrected chi connectivity index (χ2v) is 4.90. The summed E-state index contributed by atoms with van der Waals surface area (Å²) in [5.41, 5.74) is 0. The molecule has 0 fully saturated rings. The van der Waals surface area contributed by atoms with Crippen LogP contribution in [0.15, 0.2) is 0 Å². The van der Waals surface area contributed by atoms with E-state index in [2.05, 4.69) is 0 Å². The summed E-state index contributed by atoms with van der Waals surface area (Å²) < 4.78 is 104. The fraction of sp³-hybridized carbons (Fsp3) is 1.00. The standard InChI is InChI=1S/C11H16F8O2/c12-8(13,1-3-20)5-10(16,17)7-11(18,19)6-9(14,15)2-4-21/h20-21H,1-7H2. The van der Waals surface area contributed by atoms with E-state index in [9.17, 15) is 35.1 Å². The number of alkyl halides is 8. The second kappa shape index (κ2) is 7.08. The largest absolute Gasteiger partial charge is 0.396 e. The molecule has 0 radical (unpaired) electrons. The van der Waals surface area contributed by atoms with Gasteiger partial charge in [-0.1, -0.05) is 0 Å². The van der Waals surface area contributed by atoms with Crippen molar-refractivity contribution < 1.29 is 45.3 Å². The number of hydrogen-bond donors (Lipinski definition) is 2. The topological polar surface area (TPSA) is 40.5 Å². The molecule has 0 aliphatic carbocycles.